The van der Waals surface area contributed by atoms with Gasteiger partial charge in [0, 0.05) is 12.2 Å². The van der Waals surface area contributed by atoms with Gasteiger partial charge in [0.1, 0.15) is 0 Å². The van der Waals surface area contributed by atoms with Crippen molar-refractivity contribution in [3.8, 4) is 11.5 Å². The Kier molecular flexibility index (Phi) is 4.40. The van der Waals surface area contributed by atoms with E-state index in [0.717, 1.165) is 11.3 Å². The van der Waals surface area contributed by atoms with Crippen LogP contribution >= 0.6 is 11.6 Å². The third-order valence-corrected chi connectivity index (χ3v) is 3.46. The molecule has 0 amide bonds. The van der Waals surface area contributed by atoms with Crippen LogP contribution in [0.5, 0.6) is 11.5 Å². The van der Waals surface area contributed by atoms with Crippen molar-refractivity contribution in [2.75, 3.05) is 12.4 Å². The molecule has 4 heteroatoms. The molecule has 106 valence electrons. The molecule has 0 atom stereocenters. The average Bonchev–Trinajstić information content (AvgIpc) is 2.41. The first-order valence-corrected chi connectivity index (χ1v) is 6.75. The van der Waals surface area contributed by atoms with E-state index in [0.29, 0.717) is 17.3 Å². The highest BCUT2D eigenvalue weighted by Gasteiger charge is 2.09. The predicted molar refractivity (Wildman–Crippen MR) is 82.9 cm³/mol. The number of halogens is 1. The predicted octanol–water partition coefficient (Wildman–Crippen LogP) is 4.28. The second kappa shape index (κ2) is 6.06. The van der Waals surface area contributed by atoms with Gasteiger partial charge in [0.2, 0.25) is 0 Å². The number of hydrogen-bond donors (Lipinski definition) is 2. The molecule has 0 aromatic heterocycles. The molecule has 2 aromatic carbocycles. The van der Waals surface area contributed by atoms with E-state index in [-0.39, 0.29) is 5.75 Å². The molecule has 2 N–H and O–H groups in total. The molecular formula is C16H18ClNO2. The molecule has 0 aliphatic heterocycles. The number of ether oxygens (including phenoxy) is 1. The molecule has 0 spiro atoms. The Bertz CT molecular complexity index is 626. The molecule has 0 radical (unpaired) electrons. The smallest absolute Gasteiger partial charge is 0.176 e. The van der Waals surface area contributed by atoms with Crippen LogP contribution in [0.25, 0.3) is 0 Å². The standard InChI is InChI=1S/C16H18ClNO2/c1-10-4-5-14(11(2)6-10)18-9-12-7-13(17)16(19)15(8-12)20-3/h4-8,18-19H,9H2,1-3H3. The Hall–Kier alpha value is -1.87. The number of rotatable bonds is 4. The molecular weight excluding hydrogens is 274 g/mol. The van der Waals surface area contributed by atoms with Gasteiger partial charge in [-0.05, 0) is 43.2 Å². The summed E-state index contributed by atoms with van der Waals surface area (Å²) >= 11 is 5.97. The molecule has 3 nitrogen and oxygen atoms in total. The molecule has 0 saturated carbocycles. The summed E-state index contributed by atoms with van der Waals surface area (Å²) in [5, 5.41) is 13.4. The van der Waals surface area contributed by atoms with Gasteiger partial charge in [-0.2, -0.15) is 0 Å². The van der Waals surface area contributed by atoms with Crippen LogP contribution < -0.4 is 10.1 Å². The number of hydrogen-bond acceptors (Lipinski definition) is 3. The fraction of sp³-hybridized carbons (Fsp3) is 0.250. The number of benzene rings is 2. The molecule has 20 heavy (non-hydrogen) atoms. The zero-order valence-corrected chi connectivity index (χ0v) is 12.6. The Labute approximate surface area is 124 Å². The second-order valence-corrected chi connectivity index (χ2v) is 5.21. The van der Waals surface area contributed by atoms with Crippen molar-refractivity contribution < 1.29 is 9.84 Å². The van der Waals surface area contributed by atoms with Gasteiger partial charge in [0.25, 0.3) is 0 Å². The van der Waals surface area contributed by atoms with Gasteiger partial charge >= 0.3 is 0 Å². The van der Waals surface area contributed by atoms with Crippen LogP contribution in [0.2, 0.25) is 5.02 Å². The van der Waals surface area contributed by atoms with Crippen LogP contribution in [0.1, 0.15) is 16.7 Å². The van der Waals surface area contributed by atoms with Crippen LogP contribution in [0.3, 0.4) is 0 Å². The largest absolute Gasteiger partial charge is 0.503 e. The van der Waals surface area contributed by atoms with E-state index < -0.39 is 0 Å². The Morgan fingerprint density at radius 2 is 1.95 bits per heavy atom. The monoisotopic (exact) mass is 291 g/mol. The average molecular weight is 292 g/mol. The number of phenolic OH excluding ortho intramolecular Hbond substituents is 1. The van der Waals surface area contributed by atoms with Crippen LogP contribution in [0.15, 0.2) is 30.3 Å². The summed E-state index contributed by atoms with van der Waals surface area (Å²) < 4.78 is 5.10. The number of aromatic hydroxyl groups is 1. The molecule has 0 aliphatic rings. The van der Waals surface area contributed by atoms with Crippen molar-refractivity contribution in [3.05, 3.63) is 52.0 Å². The third kappa shape index (κ3) is 3.17. The number of nitrogens with one attached hydrogen (secondary N) is 1. The van der Waals surface area contributed by atoms with E-state index in [1.807, 2.05) is 0 Å². The molecule has 2 rings (SSSR count). The van der Waals surface area contributed by atoms with Crippen molar-refractivity contribution in [3.63, 3.8) is 0 Å². The minimum Gasteiger partial charge on any atom is -0.503 e. The molecule has 0 bridgehead atoms. The topological polar surface area (TPSA) is 41.5 Å². The highest BCUT2D eigenvalue weighted by Crippen LogP contribution is 2.35. The third-order valence-electron chi connectivity index (χ3n) is 3.17. The highest BCUT2D eigenvalue weighted by atomic mass is 35.5. The first kappa shape index (κ1) is 14.5. The summed E-state index contributed by atoms with van der Waals surface area (Å²) in [5.41, 5.74) is 4.47. The van der Waals surface area contributed by atoms with Gasteiger partial charge in [0.15, 0.2) is 11.5 Å². The van der Waals surface area contributed by atoms with Gasteiger partial charge in [-0.1, -0.05) is 29.3 Å². The molecule has 0 saturated heterocycles. The number of anilines is 1. The van der Waals surface area contributed by atoms with Gasteiger partial charge in [-0.3, -0.25) is 0 Å². The van der Waals surface area contributed by atoms with Crippen molar-refractivity contribution in [2.45, 2.75) is 20.4 Å². The van der Waals surface area contributed by atoms with Crippen molar-refractivity contribution in [1.82, 2.24) is 0 Å². The summed E-state index contributed by atoms with van der Waals surface area (Å²) in [6, 6.07) is 9.77. The van der Waals surface area contributed by atoms with Crippen LogP contribution in [0, 0.1) is 13.8 Å². The number of aryl methyl sites for hydroxylation is 2. The van der Waals surface area contributed by atoms with Gasteiger partial charge in [0.05, 0.1) is 12.1 Å². The van der Waals surface area contributed by atoms with E-state index >= 15 is 0 Å². The summed E-state index contributed by atoms with van der Waals surface area (Å²) in [5.74, 6) is 0.361. The van der Waals surface area contributed by atoms with E-state index in [9.17, 15) is 5.11 Å². The van der Waals surface area contributed by atoms with Gasteiger partial charge < -0.3 is 15.2 Å². The summed E-state index contributed by atoms with van der Waals surface area (Å²) in [6.07, 6.45) is 0. The maximum absolute atomic E-state index is 9.70. The molecule has 0 fully saturated rings. The lowest BCUT2D eigenvalue weighted by Crippen LogP contribution is -2.01. The van der Waals surface area contributed by atoms with Crippen LogP contribution in [-0.2, 0) is 6.54 Å². The fourth-order valence-electron chi connectivity index (χ4n) is 2.09. The zero-order chi connectivity index (χ0) is 14.7. The van der Waals surface area contributed by atoms with Gasteiger partial charge in [-0.15, -0.1) is 0 Å². The zero-order valence-electron chi connectivity index (χ0n) is 11.8. The number of methoxy groups -OCH3 is 1. The van der Waals surface area contributed by atoms with E-state index in [2.05, 4.69) is 37.4 Å². The lowest BCUT2D eigenvalue weighted by Gasteiger charge is -2.12. The van der Waals surface area contributed by atoms with Crippen molar-refractivity contribution >= 4 is 17.3 Å². The van der Waals surface area contributed by atoms with Crippen molar-refractivity contribution in [1.29, 1.82) is 0 Å². The van der Waals surface area contributed by atoms with Crippen molar-refractivity contribution in [2.24, 2.45) is 0 Å². The van der Waals surface area contributed by atoms with Crippen LogP contribution in [0.4, 0.5) is 5.69 Å². The minimum atomic E-state index is -0.0237. The van der Waals surface area contributed by atoms with E-state index in [1.165, 1.54) is 18.2 Å². The quantitative estimate of drug-likeness (QED) is 0.883. The molecule has 0 aliphatic carbocycles. The lowest BCUT2D eigenvalue weighted by molar-refractivity contribution is 0.373. The minimum absolute atomic E-state index is 0.0237. The maximum Gasteiger partial charge on any atom is 0.176 e. The first-order valence-electron chi connectivity index (χ1n) is 6.37. The van der Waals surface area contributed by atoms with Gasteiger partial charge in [-0.25, -0.2) is 0 Å². The number of phenols is 1. The maximum atomic E-state index is 9.70. The Balaban J connectivity index is 2.16. The lowest BCUT2D eigenvalue weighted by atomic mass is 10.1. The Morgan fingerprint density at radius 1 is 1.20 bits per heavy atom. The van der Waals surface area contributed by atoms with E-state index in [1.54, 1.807) is 12.1 Å². The Morgan fingerprint density at radius 3 is 2.60 bits per heavy atom. The summed E-state index contributed by atoms with van der Waals surface area (Å²) in [6.45, 7) is 4.75. The normalized spacial score (nSPS) is 10.4. The fourth-order valence-corrected chi connectivity index (χ4v) is 2.33. The summed E-state index contributed by atoms with van der Waals surface area (Å²) in [7, 11) is 1.51. The highest BCUT2D eigenvalue weighted by molar-refractivity contribution is 6.32. The first-order chi connectivity index (χ1) is 9.51. The second-order valence-electron chi connectivity index (χ2n) is 4.80. The van der Waals surface area contributed by atoms with Crippen LogP contribution in [-0.4, -0.2) is 12.2 Å². The molecule has 0 unspecified atom stereocenters. The SMILES string of the molecule is COc1cc(CNc2ccc(C)cc2C)cc(Cl)c1O. The molecule has 0 heterocycles. The molecule has 2 aromatic rings. The van der Waals surface area contributed by atoms with E-state index in [4.69, 9.17) is 16.3 Å². The summed E-state index contributed by atoms with van der Waals surface area (Å²) in [4.78, 5) is 0.